The second-order valence-corrected chi connectivity index (χ2v) is 6.71. The van der Waals surface area contributed by atoms with Gasteiger partial charge in [0, 0.05) is 38.3 Å². The highest BCUT2D eigenvalue weighted by Gasteiger charge is 2.34. The van der Waals surface area contributed by atoms with E-state index in [0.29, 0.717) is 6.61 Å². The van der Waals surface area contributed by atoms with Crippen LogP contribution in [0.2, 0.25) is 5.02 Å². The number of hydrogen-bond acceptors (Lipinski definition) is 4. The molecule has 0 aliphatic carbocycles. The lowest BCUT2D eigenvalue weighted by Gasteiger charge is -2.42. The third-order valence-electron chi connectivity index (χ3n) is 4.29. The molecule has 4 nitrogen and oxygen atoms in total. The molecule has 5 heteroatoms. The Morgan fingerprint density at radius 1 is 1.18 bits per heavy atom. The summed E-state index contributed by atoms with van der Waals surface area (Å²) in [7, 11) is 6.04. The van der Waals surface area contributed by atoms with Gasteiger partial charge in [-0.05, 0) is 51.2 Å². The molecule has 124 valence electrons. The minimum absolute atomic E-state index is 0.0109. The molecular weight excluding hydrogens is 300 g/mol. The fourth-order valence-corrected chi connectivity index (χ4v) is 3.14. The molecule has 1 aliphatic heterocycles. The van der Waals surface area contributed by atoms with Crippen molar-refractivity contribution in [2.75, 3.05) is 54.0 Å². The first-order chi connectivity index (χ1) is 10.5. The molecule has 1 saturated heterocycles. The average Bonchev–Trinajstić information content (AvgIpc) is 2.50. The maximum atomic E-state index is 5.86. The van der Waals surface area contributed by atoms with Gasteiger partial charge in [0.25, 0.3) is 0 Å². The van der Waals surface area contributed by atoms with Gasteiger partial charge in [-0.3, -0.25) is 4.90 Å². The highest BCUT2D eigenvalue weighted by atomic mass is 35.5. The van der Waals surface area contributed by atoms with Crippen LogP contribution in [0.3, 0.4) is 0 Å². The van der Waals surface area contributed by atoms with Crippen molar-refractivity contribution in [3.63, 3.8) is 0 Å². The summed E-state index contributed by atoms with van der Waals surface area (Å²) in [5.74, 6) is 0.875. The minimum Gasteiger partial charge on any atom is -0.492 e. The number of halogens is 1. The summed E-state index contributed by atoms with van der Waals surface area (Å²) in [6.45, 7) is 4.76. The van der Waals surface area contributed by atoms with Crippen LogP contribution >= 0.6 is 11.6 Å². The van der Waals surface area contributed by atoms with Crippen LogP contribution in [0.5, 0.6) is 5.75 Å². The van der Waals surface area contributed by atoms with E-state index in [-0.39, 0.29) is 5.60 Å². The molecular formula is C17H27ClN2O2. The van der Waals surface area contributed by atoms with Gasteiger partial charge in [-0.15, -0.1) is 0 Å². The van der Waals surface area contributed by atoms with Crippen molar-refractivity contribution in [1.29, 1.82) is 0 Å². The minimum atomic E-state index is 0.0109. The Morgan fingerprint density at radius 3 is 2.36 bits per heavy atom. The van der Waals surface area contributed by atoms with Crippen LogP contribution in [0.15, 0.2) is 24.3 Å². The molecule has 0 atom stereocenters. The molecule has 0 spiro atoms. The van der Waals surface area contributed by atoms with Crippen LogP contribution in [0.25, 0.3) is 0 Å². The standard InChI is InChI=1S/C17H27ClN2O2/c1-19(2)14-17(21-3)8-10-20(11-9-17)12-13-22-16-6-4-15(18)5-7-16/h4-7H,8-14H2,1-3H3. The SMILES string of the molecule is COC1(CN(C)C)CCN(CCOc2ccc(Cl)cc2)CC1. The Hall–Kier alpha value is -0.810. The second-order valence-electron chi connectivity index (χ2n) is 6.27. The van der Waals surface area contributed by atoms with Crippen LogP contribution in [0, 0.1) is 0 Å². The molecule has 1 heterocycles. The smallest absolute Gasteiger partial charge is 0.119 e. The van der Waals surface area contributed by atoms with E-state index in [0.717, 1.165) is 49.8 Å². The first-order valence-electron chi connectivity index (χ1n) is 7.84. The second kappa shape index (κ2) is 8.16. The first-order valence-corrected chi connectivity index (χ1v) is 8.21. The van der Waals surface area contributed by atoms with Crippen molar-refractivity contribution in [2.24, 2.45) is 0 Å². The normalized spacial score (nSPS) is 18.6. The molecule has 0 unspecified atom stereocenters. The highest BCUT2D eigenvalue weighted by Crippen LogP contribution is 2.26. The molecule has 0 amide bonds. The summed E-state index contributed by atoms with van der Waals surface area (Å²) >= 11 is 5.86. The van der Waals surface area contributed by atoms with Crippen LogP contribution in [0.1, 0.15) is 12.8 Å². The molecule has 1 aromatic carbocycles. The fraction of sp³-hybridized carbons (Fsp3) is 0.647. The molecule has 0 bridgehead atoms. The number of ether oxygens (including phenoxy) is 2. The lowest BCUT2D eigenvalue weighted by molar-refractivity contribution is -0.0709. The van der Waals surface area contributed by atoms with Crippen molar-refractivity contribution in [3.8, 4) is 5.75 Å². The molecule has 0 saturated carbocycles. The van der Waals surface area contributed by atoms with E-state index >= 15 is 0 Å². The van der Waals surface area contributed by atoms with E-state index in [1.165, 1.54) is 0 Å². The summed E-state index contributed by atoms with van der Waals surface area (Å²) < 4.78 is 11.6. The predicted octanol–water partition coefficient (Wildman–Crippen LogP) is 2.76. The van der Waals surface area contributed by atoms with E-state index in [9.17, 15) is 0 Å². The van der Waals surface area contributed by atoms with Gasteiger partial charge in [0.1, 0.15) is 12.4 Å². The molecule has 2 rings (SSSR count). The summed E-state index contributed by atoms with van der Waals surface area (Å²) in [6.07, 6.45) is 2.14. The Kier molecular flexibility index (Phi) is 6.50. The Balaban J connectivity index is 1.72. The third-order valence-corrected chi connectivity index (χ3v) is 4.55. The van der Waals surface area contributed by atoms with E-state index in [1.807, 2.05) is 31.4 Å². The molecule has 1 fully saturated rings. The quantitative estimate of drug-likeness (QED) is 0.769. The molecule has 0 N–H and O–H groups in total. The predicted molar refractivity (Wildman–Crippen MR) is 90.9 cm³/mol. The van der Waals surface area contributed by atoms with Gasteiger partial charge in [0.2, 0.25) is 0 Å². The number of piperidine rings is 1. The van der Waals surface area contributed by atoms with Crippen LogP contribution < -0.4 is 4.74 Å². The zero-order chi connectivity index (χ0) is 16.0. The number of benzene rings is 1. The largest absolute Gasteiger partial charge is 0.492 e. The van der Waals surface area contributed by atoms with E-state index in [4.69, 9.17) is 21.1 Å². The number of likely N-dealkylation sites (N-methyl/N-ethyl adjacent to an activating group) is 1. The van der Waals surface area contributed by atoms with Crippen molar-refractivity contribution in [2.45, 2.75) is 18.4 Å². The number of rotatable bonds is 7. The average molecular weight is 327 g/mol. The summed E-state index contributed by atoms with van der Waals surface area (Å²) in [5.41, 5.74) is 0.0109. The molecule has 22 heavy (non-hydrogen) atoms. The monoisotopic (exact) mass is 326 g/mol. The zero-order valence-corrected chi connectivity index (χ0v) is 14.6. The summed E-state index contributed by atoms with van der Waals surface area (Å²) in [4.78, 5) is 4.66. The Bertz CT molecular complexity index is 442. The van der Waals surface area contributed by atoms with E-state index in [2.05, 4.69) is 23.9 Å². The van der Waals surface area contributed by atoms with Crippen molar-refractivity contribution < 1.29 is 9.47 Å². The van der Waals surface area contributed by atoms with Crippen LogP contribution in [0.4, 0.5) is 0 Å². The van der Waals surface area contributed by atoms with Crippen molar-refractivity contribution in [1.82, 2.24) is 9.80 Å². The molecule has 0 aromatic heterocycles. The Labute approximate surface area is 138 Å². The zero-order valence-electron chi connectivity index (χ0n) is 13.8. The van der Waals surface area contributed by atoms with Gasteiger partial charge in [0.05, 0.1) is 5.60 Å². The van der Waals surface area contributed by atoms with E-state index in [1.54, 1.807) is 0 Å². The highest BCUT2D eigenvalue weighted by molar-refractivity contribution is 6.30. The van der Waals surface area contributed by atoms with Gasteiger partial charge >= 0.3 is 0 Å². The lowest BCUT2D eigenvalue weighted by Crippen LogP contribution is -2.51. The molecule has 1 aliphatic rings. The topological polar surface area (TPSA) is 24.9 Å². The van der Waals surface area contributed by atoms with Crippen molar-refractivity contribution >= 4 is 11.6 Å². The number of hydrogen-bond donors (Lipinski definition) is 0. The summed E-state index contributed by atoms with van der Waals surface area (Å²) in [5, 5.41) is 0.736. The van der Waals surface area contributed by atoms with Crippen LogP contribution in [-0.2, 0) is 4.74 Å². The lowest BCUT2D eigenvalue weighted by atomic mass is 9.90. The maximum absolute atomic E-state index is 5.86. The first kappa shape index (κ1) is 17.5. The Morgan fingerprint density at radius 2 is 1.82 bits per heavy atom. The maximum Gasteiger partial charge on any atom is 0.119 e. The number of methoxy groups -OCH3 is 1. The fourth-order valence-electron chi connectivity index (χ4n) is 3.01. The number of likely N-dealkylation sites (tertiary alicyclic amines) is 1. The van der Waals surface area contributed by atoms with Gasteiger partial charge in [-0.1, -0.05) is 11.6 Å². The molecule has 0 radical (unpaired) electrons. The third kappa shape index (κ3) is 5.13. The van der Waals surface area contributed by atoms with Gasteiger partial charge < -0.3 is 14.4 Å². The van der Waals surface area contributed by atoms with Gasteiger partial charge in [-0.25, -0.2) is 0 Å². The summed E-state index contributed by atoms with van der Waals surface area (Å²) in [6, 6.07) is 7.52. The number of nitrogens with zero attached hydrogens (tertiary/aromatic N) is 2. The van der Waals surface area contributed by atoms with E-state index < -0.39 is 0 Å². The van der Waals surface area contributed by atoms with Crippen LogP contribution in [-0.4, -0.2) is 69.4 Å². The molecule has 1 aromatic rings. The van der Waals surface area contributed by atoms with Crippen molar-refractivity contribution in [3.05, 3.63) is 29.3 Å². The van der Waals surface area contributed by atoms with Gasteiger partial charge in [-0.2, -0.15) is 0 Å². The van der Waals surface area contributed by atoms with Gasteiger partial charge in [0.15, 0.2) is 0 Å².